The van der Waals surface area contributed by atoms with E-state index < -0.39 is 0 Å². The zero-order valence-corrected chi connectivity index (χ0v) is 16.8. The molecule has 2 aliphatic rings. The molecule has 1 aromatic heterocycles. The van der Waals surface area contributed by atoms with Gasteiger partial charge in [0.05, 0.1) is 18.9 Å². The fraction of sp³-hybridized carbons (Fsp3) is 0.400. The first-order chi connectivity index (χ1) is 14.3. The number of aromatic nitrogens is 1. The lowest BCUT2D eigenvalue weighted by Crippen LogP contribution is -2.05. The van der Waals surface area contributed by atoms with Crippen LogP contribution in [0.4, 0.5) is 0 Å². The molecule has 0 radical (unpaired) electrons. The molecule has 0 amide bonds. The minimum absolute atomic E-state index is 0.636. The number of rotatable bonds is 7. The predicted molar refractivity (Wildman–Crippen MR) is 113 cm³/mol. The molecule has 3 aromatic rings. The average Bonchev–Trinajstić information content (AvgIpc) is 3.40. The number of fused-ring (bicyclic) bond motifs is 2. The summed E-state index contributed by atoms with van der Waals surface area (Å²) < 4.78 is 17.7. The highest BCUT2D eigenvalue weighted by Gasteiger charge is 2.17. The van der Waals surface area contributed by atoms with Crippen LogP contribution in [-0.2, 0) is 25.7 Å². The first kappa shape index (κ1) is 18.3. The van der Waals surface area contributed by atoms with Crippen LogP contribution in [0.1, 0.15) is 48.3 Å². The minimum atomic E-state index is 0.636. The van der Waals surface area contributed by atoms with Gasteiger partial charge in [-0.15, -0.1) is 0 Å². The van der Waals surface area contributed by atoms with Crippen LogP contribution in [0.5, 0.6) is 11.5 Å². The van der Waals surface area contributed by atoms with Gasteiger partial charge < -0.3 is 13.9 Å². The molecule has 0 atom stereocenters. The first-order valence-corrected chi connectivity index (χ1v) is 10.8. The highest BCUT2D eigenvalue weighted by Crippen LogP contribution is 2.29. The van der Waals surface area contributed by atoms with Crippen molar-refractivity contribution in [1.82, 2.24) is 4.98 Å². The summed E-state index contributed by atoms with van der Waals surface area (Å²) in [7, 11) is 0. The lowest BCUT2D eigenvalue weighted by Gasteiger charge is -2.09. The van der Waals surface area contributed by atoms with Crippen LogP contribution in [-0.4, -0.2) is 18.2 Å². The number of aryl methyl sites for hydroxylation is 4. The number of ether oxygens (including phenoxy) is 2. The van der Waals surface area contributed by atoms with E-state index in [-0.39, 0.29) is 0 Å². The molecule has 150 valence electrons. The largest absolute Gasteiger partial charge is 0.493 e. The molecule has 0 N–H and O–H groups in total. The van der Waals surface area contributed by atoms with Crippen LogP contribution in [0, 0.1) is 0 Å². The molecular weight excluding hydrogens is 362 g/mol. The van der Waals surface area contributed by atoms with E-state index in [4.69, 9.17) is 13.9 Å². The summed E-state index contributed by atoms with van der Waals surface area (Å²) >= 11 is 0. The molecule has 0 aliphatic heterocycles. The Morgan fingerprint density at radius 2 is 1.52 bits per heavy atom. The maximum Gasteiger partial charge on any atom is 0.226 e. The molecular formula is C25H27NO3. The Morgan fingerprint density at radius 3 is 2.38 bits per heavy atom. The van der Waals surface area contributed by atoms with Crippen molar-refractivity contribution in [2.45, 2.75) is 51.4 Å². The van der Waals surface area contributed by atoms with Gasteiger partial charge in [0.15, 0.2) is 0 Å². The van der Waals surface area contributed by atoms with Gasteiger partial charge >= 0.3 is 0 Å². The first-order valence-electron chi connectivity index (χ1n) is 10.8. The molecule has 0 saturated carbocycles. The molecule has 2 aliphatic carbocycles. The Balaban J connectivity index is 1.09. The van der Waals surface area contributed by atoms with E-state index in [0.717, 1.165) is 53.7 Å². The molecule has 4 nitrogen and oxygen atoms in total. The smallest absolute Gasteiger partial charge is 0.226 e. The quantitative estimate of drug-likeness (QED) is 0.497. The van der Waals surface area contributed by atoms with Crippen LogP contribution in [0.3, 0.4) is 0 Å². The molecule has 0 saturated heterocycles. The number of benzene rings is 2. The molecule has 5 rings (SSSR count). The monoisotopic (exact) mass is 389 g/mol. The summed E-state index contributed by atoms with van der Waals surface area (Å²) in [5.41, 5.74) is 5.07. The zero-order valence-electron chi connectivity index (χ0n) is 16.8. The second-order valence-corrected chi connectivity index (χ2v) is 7.95. The van der Waals surface area contributed by atoms with Gasteiger partial charge in [0.2, 0.25) is 5.89 Å². The van der Waals surface area contributed by atoms with Crippen molar-refractivity contribution in [1.29, 1.82) is 0 Å². The Morgan fingerprint density at radius 1 is 0.759 bits per heavy atom. The van der Waals surface area contributed by atoms with Crippen LogP contribution >= 0.6 is 0 Å². The van der Waals surface area contributed by atoms with Gasteiger partial charge in [-0.25, -0.2) is 4.98 Å². The van der Waals surface area contributed by atoms with Crippen LogP contribution in [0.25, 0.3) is 11.5 Å². The Bertz CT molecular complexity index is 951. The van der Waals surface area contributed by atoms with E-state index in [1.54, 1.807) is 0 Å². The number of nitrogens with zero attached hydrogens (tertiary/aromatic N) is 1. The van der Waals surface area contributed by atoms with Crippen molar-refractivity contribution in [3.8, 4) is 23.0 Å². The van der Waals surface area contributed by atoms with Crippen molar-refractivity contribution < 1.29 is 13.9 Å². The molecule has 2 aromatic carbocycles. The Hall–Kier alpha value is -2.75. The second-order valence-electron chi connectivity index (χ2n) is 7.95. The maximum atomic E-state index is 5.95. The summed E-state index contributed by atoms with van der Waals surface area (Å²) in [6, 6.07) is 14.5. The number of hydrogen-bond acceptors (Lipinski definition) is 4. The van der Waals surface area contributed by atoms with Gasteiger partial charge in [0, 0.05) is 18.4 Å². The Labute approximate surface area is 171 Å². The standard InChI is InChI=1S/C25H27NO3/c1-2-8-24-23(7-1)26-25(29-24)19-10-12-21(13-11-19)27-15-4-16-28-22-14-9-18-5-3-6-20(18)17-22/h9-14,17H,1-8,15-16H2. The zero-order chi connectivity index (χ0) is 19.5. The second kappa shape index (κ2) is 8.32. The third-order valence-corrected chi connectivity index (χ3v) is 5.84. The summed E-state index contributed by atoms with van der Waals surface area (Å²) in [5, 5.41) is 0. The average molecular weight is 389 g/mol. The minimum Gasteiger partial charge on any atom is -0.493 e. The van der Waals surface area contributed by atoms with Gasteiger partial charge in [-0.3, -0.25) is 0 Å². The van der Waals surface area contributed by atoms with Crippen molar-refractivity contribution in [3.05, 3.63) is 65.0 Å². The Kier molecular flexibility index (Phi) is 5.25. The summed E-state index contributed by atoms with van der Waals surface area (Å²) in [4.78, 5) is 4.66. The van der Waals surface area contributed by atoms with Gasteiger partial charge in [-0.1, -0.05) is 6.07 Å². The lowest BCUT2D eigenvalue weighted by atomic mass is 10.0. The van der Waals surface area contributed by atoms with E-state index in [9.17, 15) is 0 Å². The highest BCUT2D eigenvalue weighted by molar-refractivity contribution is 5.55. The molecule has 0 bridgehead atoms. The van der Waals surface area contributed by atoms with Crippen molar-refractivity contribution >= 4 is 0 Å². The highest BCUT2D eigenvalue weighted by atomic mass is 16.5. The van der Waals surface area contributed by atoms with Gasteiger partial charge in [0.25, 0.3) is 0 Å². The normalized spacial score (nSPS) is 15.0. The molecule has 4 heteroatoms. The number of oxazole rings is 1. The SMILES string of the molecule is c1cc(-c2nc3c(o2)CCCC3)ccc1OCCCOc1ccc2c(c1)CCC2. The van der Waals surface area contributed by atoms with Crippen LogP contribution < -0.4 is 9.47 Å². The van der Waals surface area contributed by atoms with E-state index in [1.165, 1.54) is 43.2 Å². The predicted octanol–water partition coefficient (Wildman–Crippen LogP) is 5.56. The summed E-state index contributed by atoms with van der Waals surface area (Å²) in [6.07, 6.45) is 8.97. The summed E-state index contributed by atoms with van der Waals surface area (Å²) in [6.45, 7) is 1.30. The maximum absolute atomic E-state index is 5.95. The van der Waals surface area contributed by atoms with Crippen LogP contribution in [0.2, 0.25) is 0 Å². The molecule has 1 heterocycles. The fourth-order valence-corrected chi connectivity index (χ4v) is 4.25. The topological polar surface area (TPSA) is 44.5 Å². The molecule has 0 unspecified atom stereocenters. The van der Waals surface area contributed by atoms with E-state index in [0.29, 0.717) is 13.2 Å². The van der Waals surface area contributed by atoms with Crippen molar-refractivity contribution in [3.63, 3.8) is 0 Å². The van der Waals surface area contributed by atoms with Crippen molar-refractivity contribution in [2.75, 3.05) is 13.2 Å². The van der Waals surface area contributed by atoms with Gasteiger partial charge in [0.1, 0.15) is 17.3 Å². The van der Waals surface area contributed by atoms with E-state index in [2.05, 4.69) is 23.2 Å². The molecule has 0 fully saturated rings. The molecule has 0 spiro atoms. The third kappa shape index (κ3) is 4.16. The van der Waals surface area contributed by atoms with Crippen LogP contribution in [0.15, 0.2) is 46.9 Å². The number of hydrogen-bond donors (Lipinski definition) is 0. The fourth-order valence-electron chi connectivity index (χ4n) is 4.25. The molecule has 29 heavy (non-hydrogen) atoms. The third-order valence-electron chi connectivity index (χ3n) is 5.84. The van der Waals surface area contributed by atoms with E-state index >= 15 is 0 Å². The lowest BCUT2D eigenvalue weighted by molar-refractivity contribution is 0.247. The van der Waals surface area contributed by atoms with Gasteiger partial charge in [-0.05, 0) is 86.1 Å². The van der Waals surface area contributed by atoms with Crippen molar-refractivity contribution in [2.24, 2.45) is 0 Å². The van der Waals surface area contributed by atoms with Gasteiger partial charge in [-0.2, -0.15) is 0 Å². The van der Waals surface area contributed by atoms with E-state index in [1.807, 2.05) is 24.3 Å². The summed E-state index contributed by atoms with van der Waals surface area (Å²) in [5.74, 6) is 3.63.